The third kappa shape index (κ3) is 3.88. The second-order valence-electron chi connectivity index (χ2n) is 4.58. The van der Waals surface area contributed by atoms with Gasteiger partial charge in [-0.2, -0.15) is 4.98 Å². The van der Waals surface area contributed by atoms with E-state index in [1.54, 1.807) is 26.4 Å². The number of ether oxygens (including phenoxy) is 2. The summed E-state index contributed by atoms with van der Waals surface area (Å²) in [6.07, 6.45) is 1.77. The molecule has 0 radical (unpaired) electrons. The van der Waals surface area contributed by atoms with Crippen LogP contribution < -0.4 is 20.1 Å². The smallest absolute Gasteiger partial charge is 0.229 e. The molecule has 0 saturated heterocycles. The number of hydrogen-bond donors (Lipinski definition) is 2. The highest BCUT2D eigenvalue weighted by Gasteiger charge is 2.08. The summed E-state index contributed by atoms with van der Waals surface area (Å²) in [6.45, 7) is 6.23. The van der Waals surface area contributed by atoms with Crippen LogP contribution in [-0.2, 0) is 0 Å². The number of anilines is 3. The van der Waals surface area contributed by atoms with Crippen LogP contribution in [0.3, 0.4) is 0 Å². The summed E-state index contributed by atoms with van der Waals surface area (Å²) >= 11 is 0. The van der Waals surface area contributed by atoms with Crippen molar-refractivity contribution in [1.29, 1.82) is 0 Å². The molecule has 6 heteroatoms. The quantitative estimate of drug-likeness (QED) is 0.766. The van der Waals surface area contributed by atoms with Gasteiger partial charge >= 0.3 is 0 Å². The van der Waals surface area contributed by atoms with Crippen molar-refractivity contribution in [3.05, 3.63) is 42.6 Å². The van der Waals surface area contributed by atoms with E-state index in [0.717, 1.165) is 22.9 Å². The largest absolute Gasteiger partial charge is 0.497 e. The highest BCUT2D eigenvalue weighted by Crippen LogP contribution is 2.30. The van der Waals surface area contributed by atoms with Crippen molar-refractivity contribution in [3.63, 3.8) is 0 Å². The van der Waals surface area contributed by atoms with Gasteiger partial charge < -0.3 is 20.1 Å². The van der Waals surface area contributed by atoms with Crippen LogP contribution in [0.2, 0.25) is 0 Å². The molecule has 0 spiro atoms. The average molecular weight is 300 g/mol. The first-order valence-electron chi connectivity index (χ1n) is 6.85. The number of nitrogens with zero attached hydrogens (tertiary/aromatic N) is 2. The predicted molar refractivity (Wildman–Crippen MR) is 88.3 cm³/mol. The van der Waals surface area contributed by atoms with Gasteiger partial charge in [0.2, 0.25) is 5.95 Å². The zero-order valence-electron chi connectivity index (χ0n) is 13.0. The fraction of sp³-hybridized carbons (Fsp3) is 0.250. The highest BCUT2D eigenvalue weighted by molar-refractivity contribution is 5.65. The summed E-state index contributed by atoms with van der Waals surface area (Å²) < 4.78 is 10.5. The monoisotopic (exact) mass is 300 g/mol. The lowest BCUT2D eigenvalue weighted by atomic mass is 10.2. The van der Waals surface area contributed by atoms with Gasteiger partial charge in [-0.1, -0.05) is 6.08 Å². The fourth-order valence-corrected chi connectivity index (χ4v) is 1.91. The molecule has 0 bridgehead atoms. The highest BCUT2D eigenvalue weighted by atomic mass is 16.5. The Morgan fingerprint density at radius 1 is 1.18 bits per heavy atom. The molecule has 6 nitrogen and oxygen atoms in total. The first kappa shape index (κ1) is 15.6. The van der Waals surface area contributed by atoms with Crippen LogP contribution >= 0.6 is 0 Å². The van der Waals surface area contributed by atoms with Crippen LogP contribution in [0.5, 0.6) is 11.5 Å². The van der Waals surface area contributed by atoms with Crippen molar-refractivity contribution in [2.45, 2.75) is 6.92 Å². The summed E-state index contributed by atoms with van der Waals surface area (Å²) in [4.78, 5) is 8.80. The van der Waals surface area contributed by atoms with Gasteiger partial charge in [-0.25, -0.2) is 4.98 Å². The van der Waals surface area contributed by atoms with Gasteiger partial charge in [0.05, 0.1) is 19.9 Å². The topological polar surface area (TPSA) is 68.3 Å². The molecule has 1 aromatic carbocycles. The molecule has 0 unspecified atom stereocenters. The molecular weight excluding hydrogens is 280 g/mol. The van der Waals surface area contributed by atoms with E-state index in [2.05, 4.69) is 27.2 Å². The van der Waals surface area contributed by atoms with Crippen LogP contribution in [0.1, 0.15) is 5.69 Å². The van der Waals surface area contributed by atoms with E-state index in [0.29, 0.717) is 18.2 Å². The van der Waals surface area contributed by atoms with E-state index in [-0.39, 0.29) is 0 Å². The van der Waals surface area contributed by atoms with Crippen LogP contribution in [0, 0.1) is 6.92 Å². The van der Waals surface area contributed by atoms with Crippen LogP contribution in [0.15, 0.2) is 36.9 Å². The van der Waals surface area contributed by atoms with Crippen LogP contribution in [-0.4, -0.2) is 30.7 Å². The molecule has 2 aromatic rings. The molecule has 2 N–H and O–H groups in total. The molecule has 2 rings (SSSR count). The lowest BCUT2D eigenvalue weighted by Crippen LogP contribution is -2.05. The Morgan fingerprint density at radius 2 is 2.00 bits per heavy atom. The summed E-state index contributed by atoms with van der Waals surface area (Å²) in [5, 5.41) is 6.31. The van der Waals surface area contributed by atoms with Crippen molar-refractivity contribution in [3.8, 4) is 11.5 Å². The molecule has 0 aliphatic carbocycles. The Kier molecular flexibility index (Phi) is 5.19. The van der Waals surface area contributed by atoms with Crippen molar-refractivity contribution in [1.82, 2.24) is 9.97 Å². The number of hydrogen-bond acceptors (Lipinski definition) is 6. The van der Waals surface area contributed by atoms with Crippen molar-refractivity contribution in [2.24, 2.45) is 0 Å². The molecule has 0 amide bonds. The summed E-state index contributed by atoms with van der Waals surface area (Å²) in [5.41, 5.74) is 1.63. The lowest BCUT2D eigenvalue weighted by Gasteiger charge is -2.13. The van der Waals surface area contributed by atoms with Crippen LogP contribution in [0.4, 0.5) is 17.5 Å². The fourth-order valence-electron chi connectivity index (χ4n) is 1.91. The molecule has 22 heavy (non-hydrogen) atoms. The molecular formula is C16H20N4O2. The van der Waals surface area contributed by atoms with E-state index < -0.39 is 0 Å². The summed E-state index contributed by atoms with van der Waals surface area (Å²) in [5.74, 6) is 2.61. The van der Waals surface area contributed by atoms with Gasteiger partial charge in [-0.05, 0) is 19.1 Å². The predicted octanol–water partition coefficient (Wildman–Crippen LogP) is 3.14. The third-order valence-corrected chi connectivity index (χ3v) is 2.94. The van der Waals surface area contributed by atoms with Gasteiger partial charge in [-0.15, -0.1) is 6.58 Å². The minimum atomic E-state index is 0.495. The summed E-state index contributed by atoms with van der Waals surface area (Å²) in [6, 6.07) is 7.38. The van der Waals surface area contributed by atoms with Crippen molar-refractivity contribution in [2.75, 3.05) is 31.4 Å². The number of rotatable bonds is 7. The van der Waals surface area contributed by atoms with E-state index in [1.807, 2.05) is 25.1 Å². The number of benzene rings is 1. The van der Waals surface area contributed by atoms with Crippen molar-refractivity contribution < 1.29 is 9.47 Å². The van der Waals surface area contributed by atoms with E-state index in [9.17, 15) is 0 Å². The van der Waals surface area contributed by atoms with E-state index in [4.69, 9.17) is 9.47 Å². The standard InChI is InChI=1S/C16H20N4O2/c1-5-8-17-15-9-11(2)18-16(20-15)19-13-7-6-12(21-3)10-14(13)22-4/h5-7,9-10H,1,8H2,2-4H3,(H2,17,18,19,20). The van der Waals surface area contributed by atoms with E-state index >= 15 is 0 Å². The maximum atomic E-state index is 5.36. The molecule has 1 aromatic heterocycles. The first-order chi connectivity index (χ1) is 10.7. The minimum Gasteiger partial charge on any atom is -0.497 e. The Labute approximate surface area is 130 Å². The Balaban J connectivity index is 2.26. The lowest BCUT2D eigenvalue weighted by molar-refractivity contribution is 0.395. The number of methoxy groups -OCH3 is 2. The maximum absolute atomic E-state index is 5.36. The Hall–Kier alpha value is -2.76. The number of aryl methyl sites for hydroxylation is 1. The maximum Gasteiger partial charge on any atom is 0.229 e. The first-order valence-corrected chi connectivity index (χ1v) is 6.85. The molecule has 0 fully saturated rings. The van der Waals surface area contributed by atoms with Gasteiger partial charge in [0.1, 0.15) is 17.3 Å². The molecule has 1 heterocycles. The van der Waals surface area contributed by atoms with Crippen molar-refractivity contribution >= 4 is 17.5 Å². The molecule has 0 atom stereocenters. The molecule has 116 valence electrons. The third-order valence-electron chi connectivity index (χ3n) is 2.94. The van der Waals surface area contributed by atoms with Gasteiger partial charge in [0.25, 0.3) is 0 Å². The second kappa shape index (κ2) is 7.31. The minimum absolute atomic E-state index is 0.495. The zero-order valence-corrected chi connectivity index (χ0v) is 13.0. The van der Waals surface area contributed by atoms with Gasteiger partial charge in [0, 0.05) is 24.4 Å². The Morgan fingerprint density at radius 3 is 2.68 bits per heavy atom. The summed E-state index contributed by atoms with van der Waals surface area (Å²) in [7, 11) is 3.22. The molecule has 0 aliphatic heterocycles. The van der Waals surface area contributed by atoms with Crippen LogP contribution in [0.25, 0.3) is 0 Å². The SMILES string of the molecule is C=CCNc1cc(C)nc(Nc2ccc(OC)cc2OC)n1. The van der Waals surface area contributed by atoms with E-state index in [1.165, 1.54) is 0 Å². The zero-order chi connectivity index (χ0) is 15.9. The van der Waals surface area contributed by atoms with Gasteiger partial charge in [-0.3, -0.25) is 0 Å². The average Bonchev–Trinajstić information content (AvgIpc) is 2.52. The molecule has 0 aliphatic rings. The molecule has 0 saturated carbocycles. The number of aromatic nitrogens is 2. The Bertz CT molecular complexity index is 659. The number of nitrogens with one attached hydrogen (secondary N) is 2. The van der Waals surface area contributed by atoms with Gasteiger partial charge in [0.15, 0.2) is 0 Å². The second-order valence-corrected chi connectivity index (χ2v) is 4.58. The normalized spacial score (nSPS) is 9.95.